The number of benzene rings is 3. The van der Waals surface area contributed by atoms with Gasteiger partial charge in [-0.25, -0.2) is 0 Å². The van der Waals surface area contributed by atoms with Gasteiger partial charge < -0.3 is 9.47 Å². The molecule has 3 aromatic rings. The summed E-state index contributed by atoms with van der Waals surface area (Å²) >= 11 is 0. The maximum absolute atomic E-state index is 12.2. The van der Waals surface area contributed by atoms with Crippen LogP contribution in [-0.2, 0) is 0 Å². The summed E-state index contributed by atoms with van der Waals surface area (Å²) in [5.41, 5.74) is 2.36. The number of halogens is 6. The molecule has 0 bridgehead atoms. The van der Waals surface area contributed by atoms with Crippen molar-refractivity contribution in [3.63, 3.8) is 0 Å². The fourth-order valence-corrected chi connectivity index (χ4v) is 2.41. The van der Waals surface area contributed by atoms with Crippen molar-refractivity contribution in [2.24, 2.45) is 0 Å². The second-order valence-corrected chi connectivity index (χ2v) is 6.22. The van der Waals surface area contributed by atoms with Gasteiger partial charge in [-0.1, -0.05) is 23.7 Å². The van der Waals surface area contributed by atoms with Gasteiger partial charge in [0.15, 0.2) is 0 Å². The summed E-state index contributed by atoms with van der Waals surface area (Å²) in [7, 11) is 0. The molecule has 0 aliphatic rings. The van der Waals surface area contributed by atoms with E-state index in [-0.39, 0.29) is 11.5 Å². The van der Waals surface area contributed by atoms with Crippen LogP contribution in [0.2, 0.25) is 0 Å². The maximum Gasteiger partial charge on any atom is 0.573 e. The molecule has 0 saturated heterocycles. The lowest BCUT2D eigenvalue weighted by Gasteiger charge is -2.08. The van der Waals surface area contributed by atoms with Gasteiger partial charge in [-0.15, -0.1) is 26.3 Å². The highest BCUT2D eigenvalue weighted by Gasteiger charge is 2.31. The van der Waals surface area contributed by atoms with E-state index in [2.05, 4.69) is 33.2 Å². The Kier molecular flexibility index (Phi) is 6.65. The third kappa shape index (κ3) is 7.66. The molecule has 32 heavy (non-hydrogen) atoms. The lowest BCUT2D eigenvalue weighted by molar-refractivity contribution is -0.275. The second-order valence-electron chi connectivity index (χ2n) is 6.22. The van der Waals surface area contributed by atoms with E-state index < -0.39 is 12.7 Å². The molecule has 0 aliphatic heterocycles. The Morgan fingerprint density at radius 2 is 0.625 bits per heavy atom. The van der Waals surface area contributed by atoms with Crippen molar-refractivity contribution in [3.8, 4) is 35.2 Å². The molecule has 3 aromatic carbocycles. The van der Waals surface area contributed by atoms with E-state index in [1.807, 2.05) is 0 Å². The van der Waals surface area contributed by atoms with Crippen LogP contribution < -0.4 is 9.47 Å². The van der Waals surface area contributed by atoms with Crippen LogP contribution in [0.25, 0.3) is 0 Å². The smallest absolute Gasteiger partial charge is 0.406 e. The highest BCUT2D eigenvalue weighted by Crippen LogP contribution is 2.23. The minimum Gasteiger partial charge on any atom is -0.406 e. The molecule has 0 amide bonds. The van der Waals surface area contributed by atoms with E-state index in [1.54, 1.807) is 24.3 Å². The summed E-state index contributed by atoms with van der Waals surface area (Å²) in [6, 6.07) is 17.3. The molecule has 0 saturated carbocycles. The zero-order chi connectivity index (χ0) is 23.2. The fourth-order valence-electron chi connectivity index (χ4n) is 2.41. The van der Waals surface area contributed by atoms with Gasteiger partial charge >= 0.3 is 12.7 Å². The number of hydrogen-bond acceptors (Lipinski definition) is 2. The Balaban J connectivity index is 1.62. The van der Waals surface area contributed by atoms with Crippen molar-refractivity contribution in [1.29, 1.82) is 0 Å². The molecule has 0 aromatic heterocycles. The third-order valence-electron chi connectivity index (χ3n) is 3.76. The summed E-state index contributed by atoms with van der Waals surface area (Å²) < 4.78 is 80.6. The van der Waals surface area contributed by atoms with Gasteiger partial charge in [-0.05, 0) is 72.8 Å². The number of rotatable bonds is 2. The number of ether oxygens (including phenoxy) is 2. The van der Waals surface area contributed by atoms with E-state index in [0.29, 0.717) is 22.3 Å². The van der Waals surface area contributed by atoms with Crippen LogP contribution in [0.4, 0.5) is 26.3 Å². The molecule has 0 spiro atoms. The highest BCUT2D eigenvalue weighted by molar-refractivity contribution is 5.48. The van der Waals surface area contributed by atoms with E-state index in [9.17, 15) is 26.3 Å². The van der Waals surface area contributed by atoms with Crippen LogP contribution in [0.1, 0.15) is 22.3 Å². The van der Waals surface area contributed by atoms with Crippen LogP contribution in [0.15, 0.2) is 72.8 Å². The van der Waals surface area contributed by atoms with Gasteiger partial charge in [-0.2, -0.15) is 0 Å². The normalized spacial score (nSPS) is 10.9. The first-order chi connectivity index (χ1) is 15.1. The largest absolute Gasteiger partial charge is 0.573 e. The van der Waals surface area contributed by atoms with Crippen LogP contribution in [-0.4, -0.2) is 12.7 Å². The minimum atomic E-state index is -4.75. The molecular formula is C24H12F6O2. The average Bonchev–Trinajstić information content (AvgIpc) is 2.71. The predicted molar refractivity (Wildman–Crippen MR) is 105 cm³/mol. The SMILES string of the molecule is FC(F)(F)Oc1ccc(C#Cc2ccc(C#Cc3ccc(OC(F)(F)F)cc3)cc2)cc1. The average molecular weight is 446 g/mol. The first kappa shape index (κ1) is 22.6. The lowest BCUT2D eigenvalue weighted by atomic mass is 10.1. The molecule has 8 heteroatoms. The first-order valence-electron chi connectivity index (χ1n) is 8.91. The molecule has 0 radical (unpaired) electrons. The van der Waals surface area contributed by atoms with E-state index in [4.69, 9.17) is 0 Å². The Morgan fingerprint density at radius 3 is 0.844 bits per heavy atom. The number of alkyl halides is 6. The molecule has 0 aliphatic carbocycles. The van der Waals surface area contributed by atoms with Crippen molar-refractivity contribution in [1.82, 2.24) is 0 Å². The fraction of sp³-hybridized carbons (Fsp3) is 0.0833. The zero-order valence-electron chi connectivity index (χ0n) is 16.0. The first-order valence-corrected chi connectivity index (χ1v) is 8.91. The van der Waals surface area contributed by atoms with Gasteiger partial charge in [0.2, 0.25) is 0 Å². The Hall–Kier alpha value is -4.04. The molecule has 0 atom stereocenters. The van der Waals surface area contributed by atoms with Gasteiger partial charge in [0, 0.05) is 22.3 Å². The molecule has 0 heterocycles. The standard InChI is InChI=1S/C24H12F6O2/c25-23(26,27)31-21-13-9-19(10-14-21)7-5-17-1-2-18(4-3-17)6-8-20-11-15-22(16-12-20)32-24(28,29)30/h1-4,9-16H. The second kappa shape index (κ2) is 9.40. The van der Waals surface area contributed by atoms with E-state index in [0.717, 1.165) is 0 Å². The topological polar surface area (TPSA) is 18.5 Å². The number of hydrogen-bond donors (Lipinski definition) is 0. The lowest BCUT2D eigenvalue weighted by Crippen LogP contribution is -2.16. The summed E-state index contributed by atoms with van der Waals surface area (Å²) in [4.78, 5) is 0. The third-order valence-corrected chi connectivity index (χ3v) is 3.76. The highest BCUT2D eigenvalue weighted by atomic mass is 19.4. The Bertz CT molecular complexity index is 1070. The Labute approximate surface area is 179 Å². The quantitative estimate of drug-likeness (QED) is 0.341. The summed E-state index contributed by atoms with van der Waals surface area (Å²) in [6.07, 6.45) is -9.49. The molecule has 0 fully saturated rings. The van der Waals surface area contributed by atoms with Crippen LogP contribution in [0.3, 0.4) is 0 Å². The predicted octanol–water partition coefficient (Wildman–Crippen LogP) is 6.28. The van der Waals surface area contributed by atoms with Crippen molar-refractivity contribution in [3.05, 3.63) is 95.1 Å². The minimum absolute atomic E-state index is 0.325. The summed E-state index contributed by atoms with van der Waals surface area (Å²) in [6.45, 7) is 0. The molecule has 2 nitrogen and oxygen atoms in total. The van der Waals surface area contributed by atoms with Crippen molar-refractivity contribution in [2.45, 2.75) is 12.7 Å². The maximum atomic E-state index is 12.2. The van der Waals surface area contributed by atoms with Crippen LogP contribution in [0.5, 0.6) is 11.5 Å². The van der Waals surface area contributed by atoms with Gasteiger partial charge in [0.1, 0.15) is 11.5 Å². The van der Waals surface area contributed by atoms with Crippen molar-refractivity contribution >= 4 is 0 Å². The van der Waals surface area contributed by atoms with Gasteiger partial charge in [-0.3, -0.25) is 0 Å². The van der Waals surface area contributed by atoms with Gasteiger partial charge in [0.25, 0.3) is 0 Å². The zero-order valence-corrected chi connectivity index (χ0v) is 16.0. The van der Waals surface area contributed by atoms with E-state index >= 15 is 0 Å². The van der Waals surface area contributed by atoms with Gasteiger partial charge in [0.05, 0.1) is 0 Å². The monoisotopic (exact) mass is 446 g/mol. The summed E-state index contributed by atoms with van der Waals surface area (Å²) in [5.74, 6) is 10.8. The van der Waals surface area contributed by atoms with Crippen molar-refractivity contribution in [2.75, 3.05) is 0 Å². The molecule has 0 N–H and O–H groups in total. The van der Waals surface area contributed by atoms with Crippen molar-refractivity contribution < 1.29 is 35.8 Å². The molecule has 3 rings (SSSR count). The van der Waals surface area contributed by atoms with E-state index in [1.165, 1.54) is 48.5 Å². The molecule has 0 unspecified atom stereocenters. The van der Waals surface area contributed by atoms with Crippen LogP contribution in [0, 0.1) is 23.7 Å². The summed E-state index contributed by atoms with van der Waals surface area (Å²) in [5, 5.41) is 0. The molecular weight excluding hydrogens is 434 g/mol. The Morgan fingerprint density at radius 1 is 0.406 bits per heavy atom. The van der Waals surface area contributed by atoms with Crippen LogP contribution >= 0.6 is 0 Å². The molecule has 162 valence electrons.